The Morgan fingerprint density at radius 2 is 2.39 bits per heavy atom. The maximum Gasteiger partial charge on any atom is 0.241 e. The number of ether oxygens (including phenoxy) is 1. The van der Waals surface area contributed by atoms with Gasteiger partial charge in [0.1, 0.15) is 5.75 Å². The Bertz CT molecular complexity index is 451. The SMILES string of the molecule is CNCC(=O)N1c2cc(OC)ccc2SCC1C. The Balaban J connectivity index is 2.38. The zero-order valence-corrected chi connectivity index (χ0v) is 11.7. The van der Waals surface area contributed by atoms with E-state index in [4.69, 9.17) is 4.74 Å². The number of carbonyl (C=O) groups excluding carboxylic acids is 1. The van der Waals surface area contributed by atoms with Crippen molar-refractivity contribution in [3.63, 3.8) is 0 Å². The normalized spacial score (nSPS) is 18.4. The number of benzene rings is 1. The fraction of sp³-hybridized carbons (Fsp3) is 0.462. The summed E-state index contributed by atoms with van der Waals surface area (Å²) >= 11 is 1.79. The molecule has 1 heterocycles. The zero-order chi connectivity index (χ0) is 13.1. The molecule has 0 aromatic heterocycles. The van der Waals surface area contributed by atoms with Crippen molar-refractivity contribution in [2.24, 2.45) is 0 Å². The van der Waals surface area contributed by atoms with Crippen LogP contribution in [0, 0.1) is 0 Å². The highest BCUT2D eigenvalue weighted by atomic mass is 32.2. The first-order chi connectivity index (χ1) is 8.67. The fourth-order valence-corrected chi connectivity index (χ4v) is 3.11. The van der Waals surface area contributed by atoms with E-state index in [2.05, 4.69) is 12.2 Å². The van der Waals surface area contributed by atoms with E-state index in [0.717, 1.165) is 22.1 Å². The minimum Gasteiger partial charge on any atom is -0.497 e. The summed E-state index contributed by atoms with van der Waals surface area (Å²) in [5.41, 5.74) is 0.957. The van der Waals surface area contributed by atoms with Crippen molar-refractivity contribution in [3.05, 3.63) is 18.2 Å². The molecule has 1 aliphatic rings. The maximum absolute atomic E-state index is 12.2. The van der Waals surface area contributed by atoms with Crippen LogP contribution in [0.2, 0.25) is 0 Å². The molecular formula is C13H18N2O2S. The number of amides is 1. The predicted octanol–water partition coefficient (Wildman–Crippen LogP) is 1.74. The number of carbonyl (C=O) groups is 1. The lowest BCUT2D eigenvalue weighted by molar-refractivity contribution is -0.118. The van der Waals surface area contributed by atoms with Crippen LogP contribution in [-0.2, 0) is 4.79 Å². The molecule has 0 bridgehead atoms. The second-order valence-corrected chi connectivity index (χ2v) is 5.35. The van der Waals surface area contributed by atoms with E-state index in [1.807, 2.05) is 23.1 Å². The third kappa shape index (κ3) is 2.47. The van der Waals surface area contributed by atoms with Gasteiger partial charge in [-0.15, -0.1) is 11.8 Å². The Morgan fingerprint density at radius 1 is 1.61 bits per heavy atom. The third-order valence-corrected chi connectivity index (χ3v) is 4.25. The van der Waals surface area contributed by atoms with Crippen LogP contribution >= 0.6 is 11.8 Å². The summed E-state index contributed by atoms with van der Waals surface area (Å²) in [4.78, 5) is 15.2. The van der Waals surface area contributed by atoms with Crippen molar-refractivity contribution in [1.29, 1.82) is 0 Å². The van der Waals surface area contributed by atoms with Crippen molar-refractivity contribution in [3.8, 4) is 5.75 Å². The van der Waals surface area contributed by atoms with Gasteiger partial charge in [0.05, 0.1) is 19.3 Å². The van der Waals surface area contributed by atoms with Gasteiger partial charge in [-0.2, -0.15) is 0 Å². The van der Waals surface area contributed by atoms with Gasteiger partial charge in [0.15, 0.2) is 0 Å². The van der Waals surface area contributed by atoms with E-state index in [1.54, 1.807) is 25.9 Å². The van der Waals surface area contributed by atoms with Gasteiger partial charge in [-0.05, 0) is 26.1 Å². The molecule has 1 N–H and O–H groups in total. The number of anilines is 1. The first-order valence-electron chi connectivity index (χ1n) is 5.95. The van der Waals surface area contributed by atoms with E-state index in [-0.39, 0.29) is 11.9 Å². The zero-order valence-electron chi connectivity index (χ0n) is 10.9. The summed E-state index contributed by atoms with van der Waals surface area (Å²) in [5.74, 6) is 1.81. The standard InChI is InChI=1S/C13H18N2O2S/c1-9-8-18-12-5-4-10(17-3)6-11(12)15(9)13(16)7-14-2/h4-6,9,14H,7-8H2,1-3H3. The minimum absolute atomic E-state index is 0.0970. The molecule has 0 saturated heterocycles. The number of methoxy groups -OCH3 is 1. The molecular weight excluding hydrogens is 248 g/mol. The summed E-state index contributed by atoms with van der Waals surface area (Å²) in [6.07, 6.45) is 0. The van der Waals surface area contributed by atoms with Crippen LogP contribution < -0.4 is 15.0 Å². The molecule has 0 fully saturated rings. The molecule has 2 rings (SSSR count). The number of nitrogens with zero attached hydrogens (tertiary/aromatic N) is 1. The molecule has 1 atom stereocenters. The van der Waals surface area contributed by atoms with Crippen molar-refractivity contribution >= 4 is 23.4 Å². The smallest absolute Gasteiger partial charge is 0.241 e. The van der Waals surface area contributed by atoms with Crippen molar-refractivity contribution in [2.75, 3.05) is 31.4 Å². The first-order valence-corrected chi connectivity index (χ1v) is 6.93. The summed E-state index contributed by atoms with van der Waals surface area (Å²) in [5, 5.41) is 2.92. The highest BCUT2D eigenvalue weighted by Gasteiger charge is 2.28. The van der Waals surface area contributed by atoms with Gasteiger partial charge < -0.3 is 15.0 Å². The fourth-order valence-electron chi connectivity index (χ4n) is 2.07. The highest BCUT2D eigenvalue weighted by Crippen LogP contribution is 2.39. The van der Waals surface area contributed by atoms with Gasteiger partial charge in [0.25, 0.3) is 0 Å². The first kappa shape index (κ1) is 13.2. The van der Waals surface area contributed by atoms with Crippen LogP contribution in [0.1, 0.15) is 6.92 Å². The molecule has 0 aliphatic carbocycles. The van der Waals surface area contributed by atoms with Crippen LogP contribution in [0.3, 0.4) is 0 Å². The second-order valence-electron chi connectivity index (χ2n) is 4.29. The molecule has 1 unspecified atom stereocenters. The Hall–Kier alpha value is -1.20. The molecule has 4 nitrogen and oxygen atoms in total. The van der Waals surface area contributed by atoms with Crippen molar-refractivity contribution in [2.45, 2.75) is 17.9 Å². The molecule has 0 saturated carbocycles. The molecule has 1 aromatic rings. The van der Waals surface area contributed by atoms with Gasteiger partial charge in [0.2, 0.25) is 5.91 Å². The van der Waals surface area contributed by atoms with Crippen LogP contribution in [0.25, 0.3) is 0 Å². The van der Waals surface area contributed by atoms with Crippen LogP contribution in [0.4, 0.5) is 5.69 Å². The van der Waals surface area contributed by atoms with E-state index in [1.165, 1.54) is 0 Å². The monoisotopic (exact) mass is 266 g/mol. The summed E-state index contributed by atoms with van der Waals surface area (Å²) < 4.78 is 5.24. The topological polar surface area (TPSA) is 41.6 Å². The molecule has 1 aliphatic heterocycles. The number of likely N-dealkylation sites (N-methyl/N-ethyl adjacent to an activating group) is 1. The summed E-state index contributed by atoms with van der Waals surface area (Å²) in [7, 11) is 3.43. The van der Waals surface area contributed by atoms with Gasteiger partial charge in [-0.25, -0.2) is 0 Å². The summed E-state index contributed by atoms with van der Waals surface area (Å²) in [6.45, 7) is 2.43. The summed E-state index contributed by atoms with van der Waals surface area (Å²) in [6, 6.07) is 6.09. The number of rotatable bonds is 3. The average molecular weight is 266 g/mol. The molecule has 1 aromatic carbocycles. The third-order valence-electron chi connectivity index (χ3n) is 2.94. The van der Waals surface area contributed by atoms with Crippen LogP contribution in [-0.4, -0.2) is 38.4 Å². The number of hydrogen-bond donors (Lipinski definition) is 1. The van der Waals surface area contributed by atoms with E-state index < -0.39 is 0 Å². The van der Waals surface area contributed by atoms with E-state index in [9.17, 15) is 4.79 Å². The number of hydrogen-bond acceptors (Lipinski definition) is 4. The second kappa shape index (κ2) is 5.63. The van der Waals surface area contributed by atoms with Gasteiger partial charge in [-0.3, -0.25) is 4.79 Å². The minimum atomic E-state index is 0.0970. The Labute approximate surface area is 112 Å². The number of thioether (sulfide) groups is 1. The van der Waals surface area contributed by atoms with Crippen molar-refractivity contribution < 1.29 is 9.53 Å². The Kier molecular flexibility index (Phi) is 4.14. The molecule has 1 amide bonds. The van der Waals surface area contributed by atoms with Crippen LogP contribution in [0.5, 0.6) is 5.75 Å². The van der Waals surface area contributed by atoms with Crippen molar-refractivity contribution in [1.82, 2.24) is 5.32 Å². The lowest BCUT2D eigenvalue weighted by Crippen LogP contribution is -2.46. The lowest BCUT2D eigenvalue weighted by atomic mass is 10.2. The highest BCUT2D eigenvalue weighted by molar-refractivity contribution is 7.99. The lowest BCUT2D eigenvalue weighted by Gasteiger charge is -2.35. The van der Waals surface area contributed by atoms with Gasteiger partial charge >= 0.3 is 0 Å². The van der Waals surface area contributed by atoms with Gasteiger partial charge in [-0.1, -0.05) is 0 Å². The number of fused-ring (bicyclic) bond motifs is 1. The quantitative estimate of drug-likeness (QED) is 0.905. The van der Waals surface area contributed by atoms with E-state index >= 15 is 0 Å². The molecule has 18 heavy (non-hydrogen) atoms. The average Bonchev–Trinajstić information content (AvgIpc) is 2.38. The number of nitrogens with one attached hydrogen (secondary N) is 1. The van der Waals surface area contributed by atoms with Gasteiger partial charge in [0, 0.05) is 22.8 Å². The molecule has 0 spiro atoms. The molecule has 0 radical (unpaired) electrons. The van der Waals surface area contributed by atoms with E-state index in [0.29, 0.717) is 6.54 Å². The van der Waals surface area contributed by atoms with Crippen LogP contribution in [0.15, 0.2) is 23.1 Å². The Morgan fingerprint density at radius 3 is 3.06 bits per heavy atom. The predicted molar refractivity (Wildman–Crippen MR) is 74.6 cm³/mol. The molecule has 5 heteroatoms. The molecule has 98 valence electrons. The maximum atomic E-state index is 12.2. The largest absolute Gasteiger partial charge is 0.497 e.